The molecule has 1 saturated heterocycles. The van der Waals surface area contributed by atoms with E-state index in [4.69, 9.17) is 10.7 Å². The summed E-state index contributed by atoms with van der Waals surface area (Å²) in [6.07, 6.45) is 3.12. The highest BCUT2D eigenvalue weighted by Gasteiger charge is 2.22. The Morgan fingerprint density at radius 2 is 1.83 bits per heavy atom. The predicted octanol–water partition coefficient (Wildman–Crippen LogP) is 3.33. The Balaban J connectivity index is 1.96. The molecule has 1 aliphatic heterocycles. The van der Waals surface area contributed by atoms with E-state index in [0.29, 0.717) is 11.7 Å². The minimum absolute atomic E-state index is 0.246. The monoisotopic (exact) mass is 328 g/mol. The van der Waals surface area contributed by atoms with Crippen LogP contribution in [0.25, 0.3) is 11.4 Å². The number of halogens is 1. The number of aromatic nitrogens is 2. The van der Waals surface area contributed by atoms with Crippen molar-refractivity contribution in [2.75, 3.05) is 24.5 Å². The summed E-state index contributed by atoms with van der Waals surface area (Å²) < 4.78 is 13.2. The van der Waals surface area contributed by atoms with E-state index in [2.05, 4.69) is 16.8 Å². The van der Waals surface area contributed by atoms with Gasteiger partial charge in [0.25, 0.3) is 0 Å². The number of rotatable bonds is 4. The van der Waals surface area contributed by atoms with Crippen LogP contribution in [0.5, 0.6) is 0 Å². The zero-order valence-corrected chi connectivity index (χ0v) is 14.4. The number of piperidine rings is 1. The van der Waals surface area contributed by atoms with E-state index >= 15 is 0 Å². The summed E-state index contributed by atoms with van der Waals surface area (Å²) in [7, 11) is 0. The molecule has 0 bridgehead atoms. The molecular formula is C19H25FN4. The van der Waals surface area contributed by atoms with Gasteiger partial charge in [0.2, 0.25) is 0 Å². The Kier molecular flexibility index (Phi) is 5.09. The first kappa shape index (κ1) is 16.8. The first-order valence-corrected chi connectivity index (χ1v) is 8.70. The van der Waals surface area contributed by atoms with Gasteiger partial charge >= 0.3 is 0 Å². The third-order valence-corrected chi connectivity index (χ3v) is 4.90. The number of nitrogens with zero attached hydrogens (tertiary/aromatic N) is 3. The second kappa shape index (κ2) is 7.26. The summed E-state index contributed by atoms with van der Waals surface area (Å²) in [6.45, 7) is 6.89. The van der Waals surface area contributed by atoms with E-state index in [9.17, 15) is 4.39 Å². The predicted molar refractivity (Wildman–Crippen MR) is 95.5 cm³/mol. The quantitative estimate of drug-likeness (QED) is 0.935. The van der Waals surface area contributed by atoms with Gasteiger partial charge in [-0.05, 0) is 62.9 Å². The van der Waals surface area contributed by atoms with Gasteiger partial charge in [0.05, 0.1) is 0 Å². The van der Waals surface area contributed by atoms with Crippen molar-refractivity contribution >= 4 is 5.82 Å². The SMILES string of the molecule is CCc1c(C)nc(-c2ccc(F)cc2)nc1N1CCC(CN)CC1. The summed E-state index contributed by atoms with van der Waals surface area (Å²) in [5, 5.41) is 0. The lowest BCUT2D eigenvalue weighted by Crippen LogP contribution is -2.37. The summed E-state index contributed by atoms with van der Waals surface area (Å²) in [4.78, 5) is 11.8. The van der Waals surface area contributed by atoms with Crippen LogP contribution >= 0.6 is 0 Å². The fourth-order valence-electron chi connectivity index (χ4n) is 3.36. The second-order valence-electron chi connectivity index (χ2n) is 6.46. The number of hydrogen-bond acceptors (Lipinski definition) is 4. The van der Waals surface area contributed by atoms with Crippen LogP contribution in [0.3, 0.4) is 0 Å². The first-order chi connectivity index (χ1) is 11.6. The van der Waals surface area contributed by atoms with Crippen LogP contribution in [0, 0.1) is 18.7 Å². The Bertz CT molecular complexity index is 691. The minimum Gasteiger partial charge on any atom is -0.356 e. The molecule has 1 aromatic carbocycles. The van der Waals surface area contributed by atoms with Gasteiger partial charge in [0.1, 0.15) is 11.6 Å². The highest BCUT2D eigenvalue weighted by atomic mass is 19.1. The van der Waals surface area contributed by atoms with Crippen molar-refractivity contribution < 1.29 is 4.39 Å². The molecule has 0 saturated carbocycles. The number of benzene rings is 1. The third kappa shape index (κ3) is 3.41. The van der Waals surface area contributed by atoms with Crippen molar-refractivity contribution in [1.29, 1.82) is 0 Å². The molecule has 3 rings (SSSR count). The minimum atomic E-state index is -0.246. The van der Waals surface area contributed by atoms with Crippen molar-refractivity contribution in [2.45, 2.75) is 33.1 Å². The topological polar surface area (TPSA) is 55.0 Å². The fraction of sp³-hybridized carbons (Fsp3) is 0.474. The molecule has 4 nitrogen and oxygen atoms in total. The maximum atomic E-state index is 13.2. The van der Waals surface area contributed by atoms with Gasteiger partial charge in [-0.15, -0.1) is 0 Å². The lowest BCUT2D eigenvalue weighted by Gasteiger charge is -2.33. The van der Waals surface area contributed by atoms with Crippen LogP contribution in [0.2, 0.25) is 0 Å². The van der Waals surface area contributed by atoms with Gasteiger partial charge in [-0.3, -0.25) is 0 Å². The molecule has 24 heavy (non-hydrogen) atoms. The Morgan fingerprint density at radius 3 is 2.42 bits per heavy atom. The summed E-state index contributed by atoms with van der Waals surface area (Å²) >= 11 is 0. The Hall–Kier alpha value is -2.01. The molecule has 1 aliphatic rings. The Morgan fingerprint density at radius 1 is 1.17 bits per heavy atom. The van der Waals surface area contributed by atoms with E-state index in [1.165, 1.54) is 17.7 Å². The van der Waals surface area contributed by atoms with Crippen LogP contribution in [-0.4, -0.2) is 29.6 Å². The first-order valence-electron chi connectivity index (χ1n) is 8.70. The van der Waals surface area contributed by atoms with Gasteiger partial charge in [-0.2, -0.15) is 0 Å². The number of anilines is 1. The van der Waals surface area contributed by atoms with E-state index in [0.717, 1.165) is 56.0 Å². The highest BCUT2D eigenvalue weighted by Crippen LogP contribution is 2.29. The maximum Gasteiger partial charge on any atom is 0.161 e. The van der Waals surface area contributed by atoms with Crippen LogP contribution in [0.1, 0.15) is 31.0 Å². The third-order valence-electron chi connectivity index (χ3n) is 4.90. The second-order valence-corrected chi connectivity index (χ2v) is 6.46. The molecule has 0 atom stereocenters. The molecule has 2 aromatic rings. The van der Waals surface area contributed by atoms with Gasteiger partial charge in [-0.25, -0.2) is 14.4 Å². The molecule has 128 valence electrons. The lowest BCUT2D eigenvalue weighted by atomic mass is 9.96. The van der Waals surface area contributed by atoms with E-state index in [1.54, 1.807) is 12.1 Å². The number of hydrogen-bond donors (Lipinski definition) is 1. The number of aryl methyl sites for hydroxylation is 1. The molecule has 1 fully saturated rings. The zero-order valence-electron chi connectivity index (χ0n) is 14.4. The average Bonchev–Trinajstić information content (AvgIpc) is 2.61. The summed E-state index contributed by atoms with van der Waals surface area (Å²) in [6, 6.07) is 6.38. The van der Waals surface area contributed by atoms with Gasteiger partial charge in [0.15, 0.2) is 5.82 Å². The van der Waals surface area contributed by atoms with Crippen LogP contribution in [-0.2, 0) is 6.42 Å². The fourth-order valence-corrected chi connectivity index (χ4v) is 3.36. The van der Waals surface area contributed by atoms with E-state index in [1.807, 2.05) is 6.92 Å². The molecule has 0 unspecified atom stereocenters. The highest BCUT2D eigenvalue weighted by molar-refractivity contribution is 5.60. The Labute approximate surface area is 142 Å². The molecular weight excluding hydrogens is 303 g/mol. The van der Waals surface area contributed by atoms with Crippen LogP contribution in [0.15, 0.2) is 24.3 Å². The van der Waals surface area contributed by atoms with Crippen molar-refractivity contribution in [1.82, 2.24) is 9.97 Å². The van der Waals surface area contributed by atoms with Gasteiger partial charge < -0.3 is 10.6 Å². The maximum absolute atomic E-state index is 13.2. The molecule has 0 radical (unpaired) electrons. The molecule has 5 heteroatoms. The molecule has 2 heterocycles. The molecule has 1 aromatic heterocycles. The van der Waals surface area contributed by atoms with Crippen LogP contribution < -0.4 is 10.6 Å². The van der Waals surface area contributed by atoms with Crippen LogP contribution in [0.4, 0.5) is 10.2 Å². The molecule has 2 N–H and O–H groups in total. The van der Waals surface area contributed by atoms with Crippen molar-refractivity contribution in [3.8, 4) is 11.4 Å². The van der Waals surface area contributed by atoms with Crippen molar-refractivity contribution in [3.05, 3.63) is 41.3 Å². The lowest BCUT2D eigenvalue weighted by molar-refractivity contribution is 0.412. The number of nitrogens with two attached hydrogens (primary N) is 1. The molecule has 0 amide bonds. The van der Waals surface area contributed by atoms with Crippen molar-refractivity contribution in [2.24, 2.45) is 11.7 Å². The van der Waals surface area contributed by atoms with Crippen molar-refractivity contribution in [3.63, 3.8) is 0 Å². The average molecular weight is 328 g/mol. The van der Waals surface area contributed by atoms with Gasteiger partial charge in [-0.1, -0.05) is 6.92 Å². The van der Waals surface area contributed by atoms with Gasteiger partial charge in [0, 0.05) is 29.9 Å². The standard InChI is InChI=1S/C19H25FN4/c1-3-17-13(2)22-18(15-4-6-16(20)7-5-15)23-19(17)24-10-8-14(12-21)9-11-24/h4-7,14H,3,8-12,21H2,1-2H3. The summed E-state index contributed by atoms with van der Waals surface area (Å²) in [5.41, 5.74) is 8.86. The molecule has 0 aliphatic carbocycles. The van der Waals surface area contributed by atoms with E-state index < -0.39 is 0 Å². The molecule has 0 spiro atoms. The zero-order chi connectivity index (χ0) is 17.1. The summed E-state index contributed by atoms with van der Waals surface area (Å²) in [5.74, 6) is 2.07. The smallest absolute Gasteiger partial charge is 0.161 e. The largest absolute Gasteiger partial charge is 0.356 e. The van der Waals surface area contributed by atoms with E-state index in [-0.39, 0.29) is 5.82 Å². The normalized spacial score (nSPS) is 15.8.